The average Bonchev–Trinajstić information content (AvgIpc) is 2.48. The van der Waals surface area contributed by atoms with Crippen molar-refractivity contribution in [1.29, 1.82) is 0 Å². The van der Waals surface area contributed by atoms with Crippen LogP contribution in [0.1, 0.15) is 23.1 Å². The molecule has 0 aliphatic rings. The van der Waals surface area contributed by atoms with Gasteiger partial charge in [0, 0.05) is 11.1 Å². The molecule has 0 saturated heterocycles. The first-order valence-corrected chi connectivity index (χ1v) is 8.11. The number of hydrogen-bond donors (Lipinski definition) is 2. The maximum Gasteiger partial charge on any atom is 0.305 e. The number of aryl methyl sites for hydroxylation is 1. The van der Waals surface area contributed by atoms with Crippen LogP contribution in [-0.2, 0) is 22.4 Å². The normalized spacial score (nSPS) is 11.8. The third-order valence-electron chi connectivity index (χ3n) is 3.64. The summed E-state index contributed by atoms with van der Waals surface area (Å²) in [6.45, 7) is 1.99. The van der Waals surface area contributed by atoms with Gasteiger partial charge in [0.1, 0.15) is 0 Å². The molecule has 126 valence electrons. The van der Waals surface area contributed by atoms with Gasteiger partial charge in [-0.2, -0.15) is 0 Å². The van der Waals surface area contributed by atoms with Gasteiger partial charge in [0.05, 0.1) is 12.8 Å². The molecule has 1 amide bonds. The molecule has 2 rings (SSSR count). The van der Waals surface area contributed by atoms with E-state index in [0.717, 1.165) is 16.7 Å². The van der Waals surface area contributed by atoms with Crippen molar-refractivity contribution in [2.45, 2.75) is 32.2 Å². The lowest BCUT2D eigenvalue weighted by Crippen LogP contribution is -2.38. The number of rotatable bonds is 7. The fourth-order valence-corrected chi connectivity index (χ4v) is 2.72. The Kier molecular flexibility index (Phi) is 6.38. The van der Waals surface area contributed by atoms with Gasteiger partial charge in [0.15, 0.2) is 0 Å². The Bertz CT molecular complexity index is 713. The summed E-state index contributed by atoms with van der Waals surface area (Å²) in [5.41, 5.74) is 2.93. The number of carbonyl (C=O) groups excluding carboxylic acids is 1. The third-order valence-corrected chi connectivity index (χ3v) is 3.88. The van der Waals surface area contributed by atoms with Crippen molar-refractivity contribution in [3.8, 4) is 0 Å². The SMILES string of the molecule is Cc1ccc(CC(CC(=O)O)NC(=O)Cc2cccc(Cl)c2)cc1. The van der Waals surface area contributed by atoms with E-state index in [1.54, 1.807) is 18.2 Å². The van der Waals surface area contributed by atoms with Crippen molar-refractivity contribution in [2.75, 3.05) is 0 Å². The maximum atomic E-state index is 12.2. The number of carboxylic acids is 1. The number of amides is 1. The fraction of sp³-hybridized carbons (Fsp3) is 0.263. The summed E-state index contributed by atoms with van der Waals surface area (Å²) in [4.78, 5) is 23.3. The van der Waals surface area contributed by atoms with Gasteiger partial charge in [0.25, 0.3) is 0 Å². The highest BCUT2D eigenvalue weighted by molar-refractivity contribution is 6.30. The molecule has 2 aromatic carbocycles. The molecule has 0 bridgehead atoms. The predicted octanol–water partition coefficient (Wildman–Crippen LogP) is 3.39. The Morgan fingerprint density at radius 3 is 2.46 bits per heavy atom. The van der Waals surface area contributed by atoms with Crippen molar-refractivity contribution >= 4 is 23.5 Å². The highest BCUT2D eigenvalue weighted by Crippen LogP contribution is 2.12. The number of benzene rings is 2. The van der Waals surface area contributed by atoms with Crippen molar-refractivity contribution in [1.82, 2.24) is 5.32 Å². The number of nitrogens with one attached hydrogen (secondary N) is 1. The van der Waals surface area contributed by atoms with Gasteiger partial charge in [-0.3, -0.25) is 9.59 Å². The molecule has 0 radical (unpaired) electrons. The van der Waals surface area contributed by atoms with Crippen LogP contribution in [0.4, 0.5) is 0 Å². The molecule has 5 heteroatoms. The third kappa shape index (κ3) is 6.05. The molecule has 0 saturated carbocycles. The Labute approximate surface area is 146 Å². The first-order valence-electron chi connectivity index (χ1n) is 7.73. The standard InChI is InChI=1S/C19H20ClNO3/c1-13-5-7-14(8-6-13)10-17(12-19(23)24)21-18(22)11-15-3-2-4-16(20)9-15/h2-9,17H,10-12H2,1H3,(H,21,22)(H,23,24). The quantitative estimate of drug-likeness (QED) is 0.808. The number of aliphatic carboxylic acids is 1. The monoisotopic (exact) mass is 345 g/mol. The molecule has 24 heavy (non-hydrogen) atoms. The van der Waals surface area contributed by atoms with E-state index >= 15 is 0 Å². The Balaban J connectivity index is 2.00. The molecule has 1 atom stereocenters. The molecule has 0 heterocycles. The molecular weight excluding hydrogens is 326 g/mol. The zero-order chi connectivity index (χ0) is 17.5. The van der Waals surface area contributed by atoms with E-state index < -0.39 is 12.0 Å². The van der Waals surface area contributed by atoms with Crippen LogP contribution in [0.3, 0.4) is 0 Å². The first kappa shape index (κ1) is 18.0. The van der Waals surface area contributed by atoms with Gasteiger partial charge in [0.2, 0.25) is 5.91 Å². The summed E-state index contributed by atoms with van der Waals surface area (Å²) in [5.74, 6) is -1.15. The predicted molar refractivity (Wildman–Crippen MR) is 94.2 cm³/mol. The molecule has 0 aliphatic heterocycles. The first-order chi connectivity index (χ1) is 11.4. The van der Waals surface area contributed by atoms with Gasteiger partial charge in [-0.15, -0.1) is 0 Å². The van der Waals surface area contributed by atoms with Gasteiger partial charge in [-0.05, 0) is 36.6 Å². The van der Waals surface area contributed by atoms with Crippen LogP contribution < -0.4 is 5.32 Å². The molecule has 0 aliphatic carbocycles. The maximum absolute atomic E-state index is 12.2. The molecule has 2 aromatic rings. The zero-order valence-electron chi connectivity index (χ0n) is 13.5. The van der Waals surface area contributed by atoms with Crippen LogP contribution in [-0.4, -0.2) is 23.0 Å². The minimum absolute atomic E-state index is 0.116. The molecule has 2 N–H and O–H groups in total. The highest BCUT2D eigenvalue weighted by atomic mass is 35.5. The van der Waals surface area contributed by atoms with Crippen molar-refractivity contribution in [2.24, 2.45) is 0 Å². The molecular formula is C19H20ClNO3. The van der Waals surface area contributed by atoms with Gasteiger partial charge in [-0.1, -0.05) is 53.6 Å². The lowest BCUT2D eigenvalue weighted by Gasteiger charge is -2.17. The number of carbonyl (C=O) groups is 2. The van der Waals surface area contributed by atoms with Crippen molar-refractivity contribution < 1.29 is 14.7 Å². The number of halogens is 1. The Hall–Kier alpha value is -2.33. The van der Waals surface area contributed by atoms with Crippen LogP contribution in [0.5, 0.6) is 0 Å². The minimum atomic E-state index is -0.935. The van der Waals surface area contributed by atoms with Crippen molar-refractivity contribution in [3.63, 3.8) is 0 Å². The van der Waals surface area contributed by atoms with E-state index in [1.807, 2.05) is 37.3 Å². The van der Waals surface area contributed by atoms with Gasteiger partial charge >= 0.3 is 5.97 Å². The summed E-state index contributed by atoms with van der Waals surface area (Å²) < 4.78 is 0. The largest absolute Gasteiger partial charge is 0.481 e. The van der Waals surface area contributed by atoms with E-state index in [1.165, 1.54) is 0 Å². The second-order valence-corrected chi connectivity index (χ2v) is 6.30. The summed E-state index contributed by atoms with van der Waals surface area (Å²) in [7, 11) is 0. The van der Waals surface area contributed by atoms with Gasteiger partial charge < -0.3 is 10.4 Å². The molecule has 0 spiro atoms. The van der Waals surface area contributed by atoms with Gasteiger partial charge in [-0.25, -0.2) is 0 Å². The van der Waals surface area contributed by atoms with Crippen LogP contribution >= 0.6 is 11.6 Å². The summed E-state index contributed by atoms with van der Waals surface area (Å²) in [5, 5.41) is 12.5. The van der Waals surface area contributed by atoms with E-state index in [4.69, 9.17) is 16.7 Å². The summed E-state index contributed by atoms with van der Waals surface area (Å²) in [6, 6.07) is 14.5. The highest BCUT2D eigenvalue weighted by Gasteiger charge is 2.17. The average molecular weight is 346 g/mol. The fourth-order valence-electron chi connectivity index (χ4n) is 2.50. The molecule has 1 unspecified atom stereocenters. The minimum Gasteiger partial charge on any atom is -0.481 e. The second-order valence-electron chi connectivity index (χ2n) is 5.86. The number of hydrogen-bond acceptors (Lipinski definition) is 2. The van der Waals surface area contributed by atoms with Crippen molar-refractivity contribution in [3.05, 3.63) is 70.2 Å². The van der Waals surface area contributed by atoms with E-state index in [2.05, 4.69) is 5.32 Å². The molecule has 0 aromatic heterocycles. The number of carboxylic acid groups (broad SMARTS) is 1. The topological polar surface area (TPSA) is 66.4 Å². The zero-order valence-corrected chi connectivity index (χ0v) is 14.2. The molecule has 4 nitrogen and oxygen atoms in total. The van der Waals surface area contributed by atoms with E-state index in [9.17, 15) is 9.59 Å². The lowest BCUT2D eigenvalue weighted by molar-refractivity contribution is -0.137. The lowest BCUT2D eigenvalue weighted by atomic mass is 10.0. The van der Waals surface area contributed by atoms with Crippen LogP contribution in [0.25, 0.3) is 0 Å². The molecule has 0 fully saturated rings. The van der Waals surface area contributed by atoms with Crippen LogP contribution in [0, 0.1) is 6.92 Å². The van der Waals surface area contributed by atoms with Crippen LogP contribution in [0.2, 0.25) is 5.02 Å². The summed E-state index contributed by atoms with van der Waals surface area (Å²) >= 11 is 5.91. The smallest absolute Gasteiger partial charge is 0.305 e. The van der Waals surface area contributed by atoms with E-state index in [-0.39, 0.29) is 18.7 Å². The Morgan fingerprint density at radius 2 is 1.83 bits per heavy atom. The Morgan fingerprint density at radius 1 is 1.12 bits per heavy atom. The summed E-state index contributed by atoms with van der Waals surface area (Å²) in [6.07, 6.45) is 0.535. The van der Waals surface area contributed by atoms with Crippen LogP contribution in [0.15, 0.2) is 48.5 Å². The van der Waals surface area contributed by atoms with E-state index in [0.29, 0.717) is 11.4 Å². The second kappa shape index (κ2) is 8.50.